The molecule has 2 aromatic carbocycles. The van der Waals surface area contributed by atoms with Crippen molar-refractivity contribution in [3.63, 3.8) is 0 Å². The van der Waals surface area contributed by atoms with Gasteiger partial charge in [0.2, 0.25) is 23.1 Å². The van der Waals surface area contributed by atoms with Crippen molar-refractivity contribution in [1.82, 2.24) is 19.7 Å². The minimum atomic E-state index is -0.335. The zero-order valence-corrected chi connectivity index (χ0v) is 17.5. The average molecular weight is 434 g/mol. The zero-order chi connectivity index (χ0) is 22.2. The van der Waals surface area contributed by atoms with Gasteiger partial charge in [0.05, 0.1) is 27.7 Å². The molecule has 162 valence electrons. The van der Waals surface area contributed by atoms with Gasteiger partial charge in [0.15, 0.2) is 11.5 Å². The Bertz CT molecular complexity index is 1470. The third-order valence-electron chi connectivity index (χ3n) is 5.03. The third kappa shape index (κ3) is 3.13. The van der Waals surface area contributed by atoms with Gasteiger partial charge in [-0.2, -0.15) is 0 Å². The van der Waals surface area contributed by atoms with Crippen LogP contribution in [0.25, 0.3) is 33.5 Å². The number of hydrogen-bond acceptors (Lipinski definition) is 9. The van der Waals surface area contributed by atoms with E-state index in [4.69, 9.17) is 23.0 Å². The number of aromatic nitrogens is 4. The Kier molecular flexibility index (Phi) is 4.74. The highest BCUT2D eigenvalue weighted by atomic mass is 16.5. The van der Waals surface area contributed by atoms with Crippen LogP contribution in [-0.2, 0) is 6.54 Å². The van der Waals surface area contributed by atoms with E-state index in [9.17, 15) is 4.79 Å². The maximum Gasteiger partial charge on any atom is 0.297 e. The molecule has 0 aliphatic heterocycles. The fourth-order valence-corrected chi connectivity index (χ4v) is 3.51. The second kappa shape index (κ2) is 7.73. The summed E-state index contributed by atoms with van der Waals surface area (Å²) in [5.41, 5.74) is 1.55. The number of fused-ring (bicyclic) bond motifs is 3. The Hall–Kier alpha value is -4.34. The van der Waals surface area contributed by atoms with E-state index < -0.39 is 0 Å². The summed E-state index contributed by atoms with van der Waals surface area (Å²) >= 11 is 0. The van der Waals surface area contributed by atoms with Crippen molar-refractivity contribution >= 4 is 22.1 Å². The van der Waals surface area contributed by atoms with Gasteiger partial charge in [-0.05, 0) is 24.3 Å². The third-order valence-corrected chi connectivity index (χ3v) is 5.03. The van der Waals surface area contributed by atoms with Crippen molar-refractivity contribution in [3.8, 4) is 28.7 Å². The first-order valence-corrected chi connectivity index (χ1v) is 9.62. The maximum absolute atomic E-state index is 12.9. The van der Waals surface area contributed by atoms with Crippen LogP contribution >= 0.6 is 0 Å². The van der Waals surface area contributed by atoms with Crippen LogP contribution in [0.5, 0.6) is 17.2 Å². The number of furan rings is 1. The van der Waals surface area contributed by atoms with Crippen LogP contribution in [0.3, 0.4) is 0 Å². The second-order valence-electron chi connectivity index (χ2n) is 6.87. The lowest BCUT2D eigenvalue weighted by molar-refractivity contribution is 0.324. The first-order chi connectivity index (χ1) is 15.6. The summed E-state index contributed by atoms with van der Waals surface area (Å²) in [4.78, 5) is 17.3. The molecule has 0 spiro atoms. The van der Waals surface area contributed by atoms with Gasteiger partial charge in [0, 0.05) is 10.9 Å². The number of rotatable bonds is 6. The Morgan fingerprint density at radius 2 is 1.72 bits per heavy atom. The molecule has 3 heterocycles. The molecule has 0 N–H and O–H groups in total. The molecule has 5 aromatic rings. The van der Waals surface area contributed by atoms with Crippen molar-refractivity contribution in [1.29, 1.82) is 0 Å². The Balaban J connectivity index is 1.50. The van der Waals surface area contributed by atoms with Crippen molar-refractivity contribution in [2.75, 3.05) is 21.3 Å². The minimum absolute atomic E-state index is 0.0379. The predicted octanol–water partition coefficient (Wildman–Crippen LogP) is 3.27. The van der Waals surface area contributed by atoms with Crippen LogP contribution in [0.2, 0.25) is 0 Å². The molecule has 0 fully saturated rings. The molecule has 0 aliphatic rings. The van der Waals surface area contributed by atoms with Crippen LogP contribution < -0.4 is 19.8 Å². The molecular weight excluding hydrogens is 416 g/mol. The van der Waals surface area contributed by atoms with Crippen LogP contribution in [0, 0.1) is 0 Å². The molecule has 0 bridgehead atoms. The van der Waals surface area contributed by atoms with E-state index >= 15 is 0 Å². The average Bonchev–Trinajstić information content (AvgIpc) is 3.45. The molecule has 0 unspecified atom stereocenters. The van der Waals surface area contributed by atoms with Crippen molar-refractivity contribution in [3.05, 3.63) is 59.0 Å². The summed E-state index contributed by atoms with van der Waals surface area (Å²) in [5.74, 6) is 1.84. The smallest absolute Gasteiger partial charge is 0.297 e. The van der Waals surface area contributed by atoms with Crippen LogP contribution in [0.1, 0.15) is 5.89 Å². The molecule has 0 saturated carbocycles. The van der Waals surface area contributed by atoms with E-state index in [1.54, 1.807) is 18.2 Å². The van der Waals surface area contributed by atoms with Gasteiger partial charge in [0.25, 0.3) is 5.56 Å². The highest BCUT2D eigenvalue weighted by molar-refractivity contribution is 6.01. The van der Waals surface area contributed by atoms with Gasteiger partial charge < -0.3 is 23.0 Å². The van der Waals surface area contributed by atoms with E-state index in [1.165, 1.54) is 32.2 Å². The fraction of sp³-hybridized carbons (Fsp3) is 0.182. The van der Waals surface area contributed by atoms with Crippen molar-refractivity contribution < 1.29 is 23.0 Å². The molecule has 32 heavy (non-hydrogen) atoms. The van der Waals surface area contributed by atoms with Gasteiger partial charge in [-0.25, -0.2) is 4.98 Å². The molecule has 5 rings (SSSR count). The molecular formula is C22H18N4O6. The normalized spacial score (nSPS) is 11.2. The molecule has 0 saturated heterocycles. The molecule has 0 amide bonds. The lowest BCUT2D eigenvalue weighted by Gasteiger charge is -2.12. The largest absolute Gasteiger partial charge is 0.493 e. The summed E-state index contributed by atoms with van der Waals surface area (Å²) in [6.07, 6.45) is 1.44. The van der Waals surface area contributed by atoms with Crippen LogP contribution in [0.4, 0.5) is 0 Å². The number of nitrogens with zero attached hydrogens (tertiary/aromatic N) is 4. The highest BCUT2D eigenvalue weighted by Crippen LogP contribution is 2.40. The molecule has 0 radical (unpaired) electrons. The fourth-order valence-electron chi connectivity index (χ4n) is 3.51. The first-order valence-electron chi connectivity index (χ1n) is 9.62. The Morgan fingerprint density at radius 3 is 2.44 bits per heavy atom. The summed E-state index contributed by atoms with van der Waals surface area (Å²) in [6.45, 7) is 0.0379. The van der Waals surface area contributed by atoms with Crippen LogP contribution in [-0.4, -0.2) is 41.1 Å². The van der Waals surface area contributed by atoms with Gasteiger partial charge in [-0.1, -0.05) is 12.1 Å². The van der Waals surface area contributed by atoms with Crippen molar-refractivity contribution in [2.45, 2.75) is 6.54 Å². The molecule has 0 aliphatic carbocycles. The predicted molar refractivity (Wildman–Crippen MR) is 114 cm³/mol. The standard InChI is InChI=1S/C22H18N4O6/c1-28-15-8-12(9-16(29-2)19(15)30-3)21-25-24-17(32-21)10-26-11-23-18-13-6-4-5-7-14(13)31-20(18)22(26)27/h4-9,11H,10H2,1-3H3. The van der Waals surface area contributed by atoms with E-state index in [-0.39, 0.29) is 29.5 Å². The number of ether oxygens (including phenoxy) is 3. The lowest BCUT2D eigenvalue weighted by atomic mass is 10.2. The maximum atomic E-state index is 12.9. The Morgan fingerprint density at radius 1 is 0.969 bits per heavy atom. The molecule has 3 aromatic heterocycles. The monoisotopic (exact) mass is 434 g/mol. The minimum Gasteiger partial charge on any atom is -0.493 e. The summed E-state index contributed by atoms with van der Waals surface area (Å²) in [5, 5.41) is 8.93. The first kappa shape index (κ1) is 19.6. The van der Waals surface area contributed by atoms with E-state index in [0.29, 0.717) is 33.9 Å². The van der Waals surface area contributed by atoms with E-state index in [1.807, 2.05) is 18.2 Å². The SMILES string of the molecule is COc1cc(-c2nnc(Cn3cnc4c(oc5ccccc54)c3=O)o2)cc(OC)c1OC. The van der Waals surface area contributed by atoms with Gasteiger partial charge in [-0.3, -0.25) is 9.36 Å². The summed E-state index contributed by atoms with van der Waals surface area (Å²) in [6, 6.07) is 10.8. The number of methoxy groups -OCH3 is 3. The highest BCUT2D eigenvalue weighted by Gasteiger charge is 2.19. The second-order valence-corrected chi connectivity index (χ2v) is 6.87. The lowest BCUT2D eigenvalue weighted by Crippen LogP contribution is -2.20. The quantitative estimate of drug-likeness (QED) is 0.397. The van der Waals surface area contributed by atoms with Crippen molar-refractivity contribution in [2.24, 2.45) is 0 Å². The van der Waals surface area contributed by atoms with Gasteiger partial charge in [-0.15, -0.1) is 10.2 Å². The topological polar surface area (TPSA) is 115 Å². The summed E-state index contributed by atoms with van der Waals surface area (Å²) in [7, 11) is 4.57. The number of hydrogen-bond donors (Lipinski definition) is 0. The molecule has 10 nitrogen and oxygen atoms in total. The Labute approximate surface area is 181 Å². The van der Waals surface area contributed by atoms with Crippen LogP contribution in [0.15, 0.2) is 56.4 Å². The molecule has 10 heteroatoms. The molecule has 0 atom stereocenters. The van der Waals surface area contributed by atoms with E-state index in [0.717, 1.165) is 5.39 Å². The van der Waals surface area contributed by atoms with Gasteiger partial charge >= 0.3 is 0 Å². The number of benzene rings is 2. The number of para-hydroxylation sites is 1. The van der Waals surface area contributed by atoms with Gasteiger partial charge in [0.1, 0.15) is 17.6 Å². The van der Waals surface area contributed by atoms with E-state index in [2.05, 4.69) is 15.2 Å². The summed E-state index contributed by atoms with van der Waals surface area (Å²) < 4.78 is 28.9. The zero-order valence-electron chi connectivity index (χ0n) is 17.5.